The number of imidazole rings is 1. The van der Waals surface area contributed by atoms with Crippen molar-refractivity contribution in [1.29, 1.82) is 0 Å². The van der Waals surface area contributed by atoms with Crippen LogP contribution < -0.4 is 21.5 Å². The summed E-state index contributed by atoms with van der Waals surface area (Å²) in [4.78, 5) is 51.6. The molecule has 11 nitrogen and oxygen atoms in total. The monoisotopic (exact) mass is 573 g/mol. The number of carbonyl (C=O) groups is 1. The van der Waals surface area contributed by atoms with Crippen molar-refractivity contribution in [1.82, 2.24) is 29.0 Å². The Labute approximate surface area is 244 Å². The second-order valence-corrected chi connectivity index (χ2v) is 11.9. The van der Waals surface area contributed by atoms with Crippen LogP contribution in [0.15, 0.2) is 52.2 Å². The Balaban J connectivity index is 1.57. The van der Waals surface area contributed by atoms with Crippen molar-refractivity contribution in [2.75, 3.05) is 18.0 Å². The molecule has 0 unspecified atom stereocenters. The summed E-state index contributed by atoms with van der Waals surface area (Å²) in [5.74, 6) is 0.586. The van der Waals surface area contributed by atoms with Crippen molar-refractivity contribution < 1.29 is 9.53 Å². The van der Waals surface area contributed by atoms with E-state index in [1.165, 1.54) is 9.13 Å². The molecule has 11 heteroatoms. The number of aromatic nitrogens is 5. The lowest BCUT2D eigenvalue weighted by atomic mass is 10.1. The lowest BCUT2D eigenvalue weighted by Crippen LogP contribution is -2.49. The molecular weight excluding hydrogens is 534 g/mol. The molecule has 1 amide bonds. The number of nitrogens with one attached hydrogen (secondary N) is 1. The first kappa shape index (κ1) is 29.1. The van der Waals surface area contributed by atoms with E-state index in [-0.39, 0.29) is 12.6 Å². The number of nitrogens with zero attached hydrogens (tertiary/aromatic N) is 6. The minimum Gasteiger partial charge on any atom is -0.444 e. The van der Waals surface area contributed by atoms with E-state index in [2.05, 4.69) is 15.2 Å². The number of carbonyl (C=O) groups excluding carboxylic acids is 1. The molecule has 1 aliphatic heterocycles. The number of hydrogen-bond acceptors (Lipinski definition) is 7. The van der Waals surface area contributed by atoms with E-state index in [4.69, 9.17) is 9.72 Å². The Morgan fingerprint density at radius 3 is 2.62 bits per heavy atom. The first-order chi connectivity index (χ1) is 20.0. The van der Waals surface area contributed by atoms with E-state index >= 15 is 0 Å². The predicted molar refractivity (Wildman–Crippen MR) is 164 cm³/mol. The molecule has 3 aromatic heterocycles. The number of fused-ring (bicyclic) bond motifs is 2. The van der Waals surface area contributed by atoms with Crippen LogP contribution in [0.1, 0.15) is 51.8 Å². The Morgan fingerprint density at radius 1 is 1.17 bits per heavy atom. The van der Waals surface area contributed by atoms with E-state index in [1.807, 2.05) is 75.6 Å². The number of aryl methyl sites for hydroxylation is 2. The van der Waals surface area contributed by atoms with Crippen LogP contribution >= 0.6 is 0 Å². The molecule has 0 spiro atoms. The Kier molecular flexibility index (Phi) is 7.94. The van der Waals surface area contributed by atoms with Gasteiger partial charge in [-0.2, -0.15) is 4.98 Å². The Morgan fingerprint density at radius 2 is 1.90 bits per heavy atom. The number of benzene rings is 1. The van der Waals surface area contributed by atoms with Gasteiger partial charge in [0.15, 0.2) is 11.2 Å². The van der Waals surface area contributed by atoms with E-state index in [9.17, 15) is 14.4 Å². The van der Waals surface area contributed by atoms with Crippen LogP contribution in [0.2, 0.25) is 0 Å². The van der Waals surface area contributed by atoms with E-state index < -0.39 is 22.9 Å². The fraction of sp³-hybridized carbons (Fsp3) is 0.452. The first-order valence-corrected chi connectivity index (χ1v) is 14.4. The van der Waals surface area contributed by atoms with Crippen molar-refractivity contribution >= 4 is 34.0 Å². The minimum absolute atomic E-state index is 0.0396. The zero-order valence-corrected chi connectivity index (χ0v) is 25.2. The standard InChI is InChI=1S/C31H39N7O4/c1-7-8-16-37-25-26(34-28(37)36-15-11-12-21(18-36)33-29(40)42-31(3,4)5)35(6)30(41)38(27(25)39)19-24-23-14-10-9-13-22(23)20(2)17-32-24/h7-10,13-14,17,21H,11-12,15-16,18-19H2,1-6H3,(H,33,40)/b8-7+/t21-/m0/s1. The number of alkyl carbamates (subject to hydrolysis) is 1. The van der Waals surface area contributed by atoms with Gasteiger partial charge in [0.25, 0.3) is 5.56 Å². The summed E-state index contributed by atoms with van der Waals surface area (Å²) in [6.45, 7) is 11.1. The van der Waals surface area contributed by atoms with Crippen molar-refractivity contribution in [2.24, 2.45) is 7.05 Å². The fourth-order valence-electron chi connectivity index (χ4n) is 5.54. The van der Waals surface area contributed by atoms with Crippen molar-refractivity contribution in [2.45, 2.75) is 72.2 Å². The zero-order chi connectivity index (χ0) is 30.2. The maximum atomic E-state index is 14.1. The second kappa shape index (κ2) is 11.5. The highest BCUT2D eigenvalue weighted by atomic mass is 16.6. The Hall–Kier alpha value is -4.41. The SMILES string of the molecule is C/C=C/Cn1c(N2CCC[C@H](NC(=O)OC(C)(C)C)C2)nc2c1c(=O)n(Cc1ncc(C)c3ccccc13)c(=O)n2C. The first-order valence-electron chi connectivity index (χ1n) is 14.4. The summed E-state index contributed by atoms with van der Waals surface area (Å²) < 4.78 is 10.0. The third kappa shape index (κ3) is 5.68. The number of rotatable bonds is 6. The van der Waals surface area contributed by atoms with Gasteiger partial charge in [0.1, 0.15) is 5.60 Å². The number of allylic oxidation sites excluding steroid dienone is 2. The molecule has 0 aliphatic carbocycles. The van der Waals surface area contributed by atoms with Crippen molar-refractivity contribution in [3.63, 3.8) is 0 Å². The van der Waals surface area contributed by atoms with E-state index in [0.717, 1.165) is 29.2 Å². The minimum atomic E-state index is -0.593. The quantitative estimate of drug-likeness (QED) is 0.348. The molecule has 1 N–H and O–H groups in total. The molecule has 222 valence electrons. The predicted octanol–water partition coefficient (Wildman–Crippen LogP) is 3.87. The molecule has 1 fully saturated rings. The maximum Gasteiger partial charge on any atom is 0.407 e. The van der Waals surface area contributed by atoms with Gasteiger partial charge in [-0.25, -0.2) is 9.59 Å². The maximum absolute atomic E-state index is 14.1. The van der Waals surface area contributed by atoms with Gasteiger partial charge in [-0.1, -0.05) is 36.4 Å². The number of piperidine rings is 1. The average Bonchev–Trinajstić information content (AvgIpc) is 3.33. The normalized spacial score (nSPS) is 16.0. The van der Waals surface area contributed by atoms with Crippen LogP contribution in [0.4, 0.5) is 10.7 Å². The van der Waals surface area contributed by atoms with Crippen LogP contribution in [0.3, 0.4) is 0 Å². The van der Waals surface area contributed by atoms with E-state index in [0.29, 0.717) is 42.4 Å². The number of ether oxygens (including phenoxy) is 1. The van der Waals surface area contributed by atoms with Crippen LogP contribution in [0, 0.1) is 6.92 Å². The van der Waals surface area contributed by atoms with Crippen molar-refractivity contribution in [3.05, 3.63) is 74.7 Å². The molecule has 4 aromatic rings. The summed E-state index contributed by atoms with van der Waals surface area (Å²) in [6, 6.07) is 7.72. The highest BCUT2D eigenvalue weighted by Crippen LogP contribution is 2.25. The van der Waals surface area contributed by atoms with Crippen LogP contribution in [-0.4, -0.2) is 54.5 Å². The highest BCUT2D eigenvalue weighted by molar-refractivity contribution is 5.87. The molecular formula is C31H39N7O4. The molecule has 4 heterocycles. The molecule has 42 heavy (non-hydrogen) atoms. The topological polar surface area (TPSA) is 116 Å². The molecule has 1 saturated heterocycles. The van der Waals surface area contributed by atoms with Crippen LogP contribution in [-0.2, 0) is 24.9 Å². The molecule has 1 atom stereocenters. The summed E-state index contributed by atoms with van der Waals surface area (Å²) in [5.41, 5.74) is 0.895. The molecule has 5 rings (SSSR count). The smallest absolute Gasteiger partial charge is 0.407 e. The average molecular weight is 574 g/mol. The lowest BCUT2D eigenvalue weighted by molar-refractivity contribution is 0.0499. The van der Waals surface area contributed by atoms with Gasteiger partial charge in [0.05, 0.1) is 12.2 Å². The zero-order valence-electron chi connectivity index (χ0n) is 25.2. The Bertz CT molecular complexity index is 1790. The third-order valence-electron chi connectivity index (χ3n) is 7.55. The summed E-state index contributed by atoms with van der Waals surface area (Å²) >= 11 is 0. The van der Waals surface area contributed by atoms with Gasteiger partial charge in [-0.3, -0.25) is 18.9 Å². The molecule has 0 saturated carbocycles. The van der Waals surface area contributed by atoms with Gasteiger partial charge in [0.2, 0.25) is 5.95 Å². The lowest BCUT2D eigenvalue weighted by Gasteiger charge is -2.34. The summed E-state index contributed by atoms with van der Waals surface area (Å²) in [5, 5.41) is 4.92. The van der Waals surface area contributed by atoms with Gasteiger partial charge in [-0.15, -0.1) is 0 Å². The summed E-state index contributed by atoms with van der Waals surface area (Å²) in [7, 11) is 1.64. The second-order valence-electron chi connectivity index (χ2n) is 11.9. The molecule has 0 bridgehead atoms. The van der Waals surface area contributed by atoms with Crippen LogP contribution in [0.25, 0.3) is 21.9 Å². The number of pyridine rings is 1. The van der Waals surface area contributed by atoms with E-state index in [1.54, 1.807) is 13.2 Å². The fourth-order valence-corrected chi connectivity index (χ4v) is 5.54. The third-order valence-corrected chi connectivity index (χ3v) is 7.55. The largest absolute Gasteiger partial charge is 0.444 e. The van der Waals surface area contributed by atoms with Crippen molar-refractivity contribution in [3.8, 4) is 0 Å². The molecule has 1 aliphatic rings. The van der Waals surface area contributed by atoms with Crippen LogP contribution in [0.5, 0.6) is 0 Å². The number of anilines is 1. The highest BCUT2D eigenvalue weighted by Gasteiger charge is 2.29. The van der Waals surface area contributed by atoms with Gasteiger partial charge in [-0.05, 0) is 58.4 Å². The van der Waals surface area contributed by atoms with Gasteiger partial charge >= 0.3 is 11.8 Å². The summed E-state index contributed by atoms with van der Waals surface area (Å²) in [6.07, 6.45) is 6.81. The molecule has 1 aromatic carbocycles. The number of hydrogen-bond donors (Lipinski definition) is 1. The molecule has 0 radical (unpaired) electrons. The van der Waals surface area contributed by atoms with Gasteiger partial charge < -0.3 is 19.5 Å². The van der Waals surface area contributed by atoms with Gasteiger partial charge in [0, 0.05) is 44.3 Å². The number of amides is 1.